The lowest BCUT2D eigenvalue weighted by molar-refractivity contribution is -0.123. The molecule has 6 heteroatoms. The molecule has 0 atom stereocenters. The summed E-state index contributed by atoms with van der Waals surface area (Å²) in [5.74, 6) is 2.16. The van der Waals surface area contributed by atoms with Gasteiger partial charge < -0.3 is 19.4 Å². The molecule has 0 saturated heterocycles. The van der Waals surface area contributed by atoms with E-state index in [1.54, 1.807) is 0 Å². The third-order valence-corrected chi connectivity index (χ3v) is 5.81. The van der Waals surface area contributed by atoms with Crippen LogP contribution in [-0.4, -0.2) is 28.7 Å². The number of hydrogen-bond donors (Lipinski definition) is 1. The van der Waals surface area contributed by atoms with Crippen LogP contribution < -0.4 is 14.8 Å². The number of aryl methyl sites for hydroxylation is 1. The van der Waals surface area contributed by atoms with Gasteiger partial charge in [0.25, 0.3) is 5.91 Å². The number of hydrogen-bond acceptors (Lipinski definition) is 4. The highest BCUT2D eigenvalue weighted by Crippen LogP contribution is 2.21. The number of rotatable bonds is 10. The fourth-order valence-corrected chi connectivity index (χ4v) is 4.07. The molecule has 0 aliphatic heterocycles. The maximum atomic E-state index is 12.3. The highest BCUT2D eigenvalue weighted by Gasteiger charge is 2.12. The van der Waals surface area contributed by atoms with Gasteiger partial charge in [0.2, 0.25) is 0 Å². The maximum Gasteiger partial charge on any atom is 0.258 e. The fraction of sp³-hybridized carbons (Fsp3) is 0.172. The number of carbonyl (C=O) groups is 1. The minimum Gasteiger partial charge on any atom is -0.494 e. The van der Waals surface area contributed by atoms with Gasteiger partial charge in [-0.3, -0.25) is 4.79 Å². The Morgan fingerprint density at radius 1 is 0.800 bits per heavy atom. The van der Waals surface area contributed by atoms with Gasteiger partial charge in [-0.25, -0.2) is 4.98 Å². The SMILES string of the molecule is O=C(COc1ccccc1)NCc1nc2ccccc2n1CCCOc1ccc2ccccc2c1. The molecule has 0 aliphatic rings. The van der Waals surface area contributed by atoms with Crippen LogP contribution in [0.5, 0.6) is 11.5 Å². The van der Waals surface area contributed by atoms with Crippen LogP contribution >= 0.6 is 0 Å². The van der Waals surface area contributed by atoms with Gasteiger partial charge in [0.15, 0.2) is 6.61 Å². The lowest BCUT2D eigenvalue weighted by Crippen LogP contribution is -2.29. The summed E-state index contributed by atoms with van der Waals surface area (Å²) >= 11 is 0. The Bertz CT molecular complexity index is 1430. The van der Waals surface area contributed by atoms with E-state index in [9.17, 15) is 4.79 Å². The number of benzene rings is 4. The van der Waals surface area contributed by atoms with Crippen LogP contribution in [0.3, 0.4) is 0 Å². The molecule has 0 aliphatic carbocycles. The van der Waals surface area contributed by atoms with Crippen molar-refractivity contribution in [3.63, 3.8) is 0 Å². The number of aromatic nitrogens is 2. The summed E-state index contributed by atoms with van der Waals surface area (Å²) in [6, 6.07) is 31.7. The topological polar surface area (TPSA) is 65.4 Å². The van der Waals surface area contributed by atoms with E-state index in [2.05, 4.69) is 40.2 Å². The molecule has 1 aromatic heterocycles. The maximum absolute atomic E-state index is 12.3. The summed E-state index contributed by atoms with van der Waals surface area (Å²) in [7, 11) is 0. The molecular formula is C29H27N3O3. The zero-order chi connectivity index (χ0) is 23.9. The van der Waals surface area contributed by atoms with E-state index in [0.29, 0.717) is 18.9 Å². The second-order valence-electron chi connectivity index (χ2n) is 8.26. The van der Waals surface area contributed by atoms with Gasteiger partial charge in [0, 0.05) is 6.54 Å². The van der Waals surface area contributed by atoms with E-state index in [1.807, 2.05) is 66.7 Å². The number of nitrogens with one attached hydrogen (secondary N) is 1. The third-order valence-electron chi connectivity index (χ3n) is 5.81. The second-order valence-corrected chi connectivity index (χ2v) is 8.26. The molecule has 0 spiro atoms. The van der Waals surface area contributed by atoms with Gasteiger partial charge >= 0.3 is 0 Å². The van der Waals surface area contributed by atoms with Crippen molar-refractivity contribution >= 4 is 27.7 Å². The lowest BCUT2D eigenvalue weighted by atomic mass is 10.1. The Balaban J connectivity index is 1.19. The number of carbonyl (C=O) groups excluding carboxylic acids is 1. The average molecular weight is 466 g/mol. The molecule has 1 N–H and O–H groups in total. The Morgan fingerprint density at radius 2 is 1.57 bits per heavy atom. The number of nitrogens with zero attached hydrogens (tertiary/aromatic N) is 2. The number of imidazole rings is 1. The van der Waals surface area contributed by atoms with E-state index in [1.165, 1.54) is 10.8 Å². The van der Waals surface area contributed by atoms with Gasteiger partial charge in [0.1, 0.15) is 17.3 Å². The normalized spacial score (nSPS) is 11.0. The number of para-hydroxylation sites is 3. The number of amides is 1. The average Bonchev–Trinajstić information content (AvgIpc) is 3.26. The lowest BCUT2D eigenvalue weighted by Gasteiger charge is -2.12. The van der Waals surface area contributed by atoms with E-state index in [-0.39, 0.29) is 12.5 Å². The van der Waals surface area contributed by atoms with Crippen molar-refractivity contribution in [2.24, 2.45) is 0 Å². The Labute approximate surface area is 204 Å². The summed E-state index contributed by atoms with van der Waals surface area (Å²) in [5.41, 5.74) is 1.95. The third kappa shape index (κ3) is 5.61. The summed E-state index contributed by atoms with van der Waals surface area (Å²) < 4.78 is 13.7. The first-order valence-electron chi connectivity index (χ1n) is 11.8. The van der Waals surface area contributed by atoms with Crippen LogP contribution in [0.4, 0.5) is 0 Å². The first-order chi connectivity index (χ1) is 17.3. The van der Waals surface area contributed by atoms with Gasteiger partial charge in [-0.1, -0.05) is 60.7 Å². The second kappa shape index (κ2) is 10.7. The van der Waals surface area contributed by atoms with E-state index in [4.69, 9.17) is 14.5 Å². The standard InChI is InChI=1S/C29H27N3O3/c33-29(21-35-24-11-2-1-3-12-24)30-20-28-31-26-13-6-7-14-27(26)32(28)17-8-18-34-25-16-15-22-9-4-5-10-23(22)19-25/h1-7,9-16,19H,8,17-18,20-21H2,(H,30,33). The van der Waals surface area contributed by atoms with Crippen LogP contribution in [0.15, 0.2) is 97.1 Å². The molecule has 1 amide bonds. The number of ether oxygens (including phenoxy) is 2. The van der Waals surface area contributed by atoms with Crippen LogP contribution in [0.1, 0.15) is 12.2 Å². The number of fused-ring (bicyclic) bond motifs is 2. The quantitative estimate of drug-likeness (QED) is 0.282. The molecule has 4 aromatic carbocycles. The van der Waals surface area contributed by atoms with Gasteiger partial charge in [-0.15, -0.1) is 0 Å². The van der Waals surface area contributed by atoms with Crippen molar-refractivity contribution < 1.29 is 14.3 Å². The monoisotopic (exact) mass is 465 g/mol. The minimum absolute atomic E-state index is 0.0379. The Hall–Kier alpha value is -4.32. The molecule has 0 unspecified atom stereocenters. The van der Waals surface area contributed by atoms with E-state index in [0.717, 1.165) is 35.6 Å². The molecule has 35 heavy (non-hydrogen) atoms. The van der Waals surface area contributed by atoms with E-state index < -0.39 is 0 Å². The summed E-state index contributed by atoms with van der Waals surface area (Å²) in [6.07, 6.45) is 0.811. The first kappa shape index (κ1) is 22.5. The van der Waals surface area contributed by atoms with Crippen molar-refractivity contribution in [2.75, 3.05) is 13.2 Å². The Morgan fingerprint density at radius 3 is 2.46 bits per heavy atom. The predicted octanol–water partition coefficient (Wildman–Crippen LogP) is 5.35. The van der Waals surface area contributed by atoms with Crippen LogP contribution in [0.2, 0.25) is 0 Å². The first-order valence-corrected chi connectivity index (χ1v) is 11.8. The Kier molecular flexibility index (Phi) is 6.89. The van der Waals surface area contributed by atoms with Crippen LogP contribution in [0, 0.1) is 0 Å². The van der Waals surface area contributed by atoms with Crippen LogP contribution in [-0.2, 0) is 17.9 Å². The van der Waals surface area contributed by atoms with Gasteiger partial charge in [0.05, 0.1) is 24.2 Å². The molecule has 0 radical (unpaired) electrons. The molecule has 5 aromatic rings. The van der Waals surface area contributed by atoms with Crippen molar-refractivity contribution in [1.82, 2.24) is 14.9 Å². The smallest absolute Gasteiger partial charge is 0.258 e. The van der Waals surface area contributed by atoms with Crippen molar-refractivity contribution in [3.05, 3.63) is 103 Å². The molecule has 0 bridgehead atoms. The van der Waals surface area contributed by atoms with E-state index >= 15 is 0 Å². The van der Waals surface area contributed by atoms with Gasteiger partial charge in [-0.05, 0) is 53.6 Å². The van der Waals surface area contributed by atoms with Crippen molar-refractivity contribution in [3.8, 4) is 11.5 Å². The van der Waals surface area contributed by atoms with Gasteiger partial charge in [-0.2, -0.15) is 0 Å². The molecule has 0 saturated carbocycles. The predicted molar refractivity (Wildman–Crippen MR) is 138 cm³/mol. The molecule has 0 fully saturated rings. The summed E-state index contributed by atoms with van der Waals surface area (Å²) in [4.78, 5) is 17.1. The zero-order valence-corrected chi connectivity index (χ0v) is 19.4. The molecular weight excluding hydrogens is 438 g/mol. The van der Waals surface area contributed by atoms with Crippen molar-refractivity contribution in [2.45, 2.75) is 19.5 Å². The molecule has 1 heterocycles. The fourth-order valence-electron chi connectivity index (χ4n) is 4.07. The van der Waals surface area contributed by atoms with Crippen LogP contribution in [0.25, 0.3) is 21.8 Å². The zero-order valence-electron chi connectivity index (χ0n) is 19.4. The summed E-state index contributed by atoms with van der Waals surface area (Å²) in [5, 5.41) is 5.29. The molecule has 6 nitrogen and oxygen atoms in total. The van der Waals surface area contributed by atoms with Crippen molar-refractivity contribution in [1.29, 1.82) is 0 Å². The molecule has 5 rings (SSSR count). The minimum atomic E-state index is -0.188. The summed E-state index contributed by atoms with van der Waals surface area (Å²) in [6.45, 7) is 1.61. The largest absolute Gasteiger partial charge is 0.494 e. The highest BCUT2D eigenvalue weighted by atomic mass is 16.5. The highest BCUT2D eigenvalue weighted by molar-refractivity contribution is 5.83. The molecule has 176 valence electrons.